The lowest BCUT2D eigenvalue weighted by Gasteiger charge is -2.22. The topological polar surface area (TPSA) is 59.4 Å². The lowest BCUT2D eigenvalue weighted by atomic mass is 10.1. The molecule has 0 radical (unpaired) electrons. The number of amides is 1. The number of nitrogens with one attached hydrogen (secondary N) is 1. The standard InChI is InChI=1S/C24H28N4O2/c1-18-15-27(16-20-8-6-7-11-23(20)30-18)13-12-24(29)26-19(2)21-14-25-28(17-21)22-9-4-3-5-10-22/h3-11,14,17-19H,12-13,15-16H2,1-2H3,(H,26,29)/t18-,19-/m1/s1. The lowest BCUT2D eigenvalue weighted by molar-refractivity contribution is -0.122. The molecular weight excluding hydrogens is 376 g/mol. The number of benzene rings is 2. The van der Waals surface area contributed by atoms with Gasteiger partial charge in [-0.1, -0.05) is 36.4 Å². The molecule has 0 fully saturated rings. The highest BCUT2D eigenvalue weighted by Crippen LogP contribution is 2.24. The Morgan fingerprint density at radius 2 is 1.97 bits per heavy atom. The van der Waals surface area contributed by atoms with Crippen molar-refractivity contribution in [2.45, 2.75) is 39.0 Å². The zero-order valence-corrected chi connectivity index (χ0v) is 17.5. The summed E-state index contributed by atoms with van der Waals surface area (Å²) in [4.78, 5) is 14.8. The number of nitrogens with zero attached hydrogens (tertiary/aromatic N) is 3. The Morgan fingerprint density at radius 1 is 1.20 bits per heavy atom. The second-order valence-corrected chi connectivity index (χ2v) is 7.86. The van der Waals surface area contributed by atoms with Gasteiger partial charge >= 0.3 is 0 Å². The summed E-state index contributed by atoms with van der Waals surface area (Å²) in [5.74, 6) is 0.988. The van der Waals surface area contributed by atoms with E-state index in [2.05, 4.69) is 28.3 Å². The van der Waals surface area contributed by atoms with Gasteiger partial charge in [0.05, 0.1) is 17.9 Å². The maximum absolute atomic E-state index is 12.6. The number of ether oxygens (including phenoxy) is 1. The summed E-state index contributed by atoms with van der Waals surface area (Å²) in [5, 5.41) is 7.51. The number of hydrogen-bond acceptors (Lipinski definition) is 4. The molecule has 6 heteroatoms. The highest BCUT2D eigenvalue weighted by Gasteiger charge is 2.20. The molecule has 30 heavy (non-hydrogen) atoms. The number of aromatic nitrogens is 2. The van der Waals surface area contributed by atoms with Crippen molar-refractivity contribution < 1.29 is 9.53 Å². The van der Waals surface area contributed by atoms with Crippen LogP contribution in [0.5, 0.6) is 5.75 Å². The monoisotopic (exact) mass is 404 g/mol. The van der Waals surface area contributed by atoms with Crippen molar-refractivity contribution in [3.63, 3.8) is 0 Å². The normalized spacial score (nSPS) is 17.5. The number of carbonyl (C=O) groups excluding carboxylic acids is 1. The minimum Gasteiger partial charge on any atom is -0.489 e. The van der Waals surface area contributed by atoms with Crippen molar-refractivity contribution in [1.29, 1.82) is 0 Å². The second kappa shape index (κ2) is 9.13. The third kappa shape index (κ3) is 4.89. The van der Waals surface area contributed by atoms with Crippen LogP contribution in [0, 0.1) is 0 Å². The molecule has 0 spiro atoms. The zero-order chi connectivity index (χ0) is 20.9. The summed E-state index contributed by atoms with van der Waals surface area (Å²) in [6.45, 7) is 6.36. The first-order valence-corrected chi connectivity index (χ1v) is 10.4. The smallest absolute Gasteiger partial charge is 0.221 e. The van der Waals surface area contributed by atoms with Gasteiger partial charge in [-0.25, -0.2) is 4.68 Å². The molecule has 3 aromatic rings. The van der Waals surface area contributed by atoms with Crippen molar-refractivity contribution >= 4 is 5.91 Å². The fraction of sp³-hybridized carbons (Fsp3) is 0.333. The molecule has 1 amide bonds. The van der Waals surface area contributed by atoms with Gasteiger partial charge in [0, 0.05) is 43.4 Å². The van der Waals surface area contributed by atoms with Crippen LogP contribution in [0.3, 0.4) is 0 Å². The Balaban J connectivity index is 1.31. The summed E-state index contributed by atoms with van der Waals surface area (Å²) >= 11 is 0. The Labute approximate surface area is 177 Å². The number of para-hydroxylation sites is 2. The first-order chi connectivity index (χ1) is 14.6. The van der Waals surface area contributed by atoms with Crippen molar-refractivity contribution in [2.75, 3.05) is 13.1 Å². The average molecular weight is 405 g/mol. The van der Waals surface area contributed by atoms with E-state index >= 15 is 0 Å². The van der Waals surface area contributed by atoms with E-state index in [1.807, 2.05) is 72.5 Å². The van der Waals surface area contributed by atoms with Gasteiger partial charge in [-0.2, -0.15) is 5.10 Å². The molecule has 2 heterocycles. The molecule has 0 saturated carbocycles. The van der Waals surface area contributed by atoms with Crippen molar-refractivity contribution in [3.8, 4) is 11.4 Å². The summed E-state index contributed by atoms with van der Waals surface area (Å²) in [6, 6.07) is 18.0. The predicted octanol–water partition coefficient (Wildman–Crippen LogP) is 3.72. The van der Waals surface area contributed by atoms with Crippen LogP contribution in [0.25, 0.3) is 5.69 Å². The third-order valence-corrected chi connectivity index (χ3v) is 5.37. The van der Waals surface area contributed by atoms with Gasteiger partial charge < -0.3 is 10.1 Å². The van der Waals surface area contributed by atoms with E-state index in [9.17, 15) is 4.79 Å². The number of hydrogen-bond donors (Lipinski definition) is 1. The minimum atomic E-state index is -0.0953. The molecule has 0 aliphatic carbocycles. The number of carbonyl (C=O) groups is 1. The molecule has 6 nitrogen and oxygen atoms in total. The lowest BCUT2D eigenvalue weighted by Crippen LogP contribution is -2.35. The first kappa shape index (κ1) is 20.2. The van der Waals surface area contributed by atoms with Gasteiger partial charge in [0.2, 0.25) is 5.91 Å². The van der Waals surface area contributed by atoms with Crippen LogP contribution in [0.15, 0.2) is 67.0 Å². The van der Waals surface area contributed by atoms with E-state index < -0.39 is 0 Å². The van der Waals surface area contributed by atoms with E-state index in [1.165, 1.54) is 5.56 Å². The van der Waals surface area contributed by atoms with Crippen molar-refractivity contribution in [3.05, 3.63) is 78.1 Å². The molecule has 0 bridgehead atoms. The maximum Gasteiger partial charge on any atom is 0.221 e. The number of rotatable bonds is 6. The van der Waals surface area contributed by atoms with Crippen molar-refractivity contribution in [1.82, 2.24) is 20.0 Å². The maximum atomic E-state index is 12.6. The van der Waals surface area contributed by atoms with Crippen LogP contribution in [0.4, 0.5) is 0 Å². The Hall–Kier alpha value is -3.12. The van der Waals surface area contributed by atoms with Gasteiger partial charge in [-0.15, -0.1) is 0 Å². The summed E-state index contributed by atoms with van der Waals surface area (Å²) in [5.41, 5.74) is 3.15. The van der Waals surface area contributed by atoms with E-state index in [0.29, 0.717) is 13.0 Å². The van der Waals surface area contributed by atoms with Crippen molar-refractivity contribution in [2.24, 2.45) is 0 Å². The van der Waals surface area contributed by atoms with E-state index in [-0.39, 0.29) is 18.1 Å². The fourth-order valence-corrected chi connectivity index (χ4v) is 3.78. The SMILES string of the molecule is C[C@@H]1CN(CCC(=O)N[C@H](C)c2cnn(-c3ccccc3)c2)Cc2ccccc2O1. The molecule has 2 atom stereocenters. The van der Waals surface area contributed by atoms with Gasteiger partial charge in [-0.3, -0.25) is 9.69 Å². The highest BCUT2D eigenvalue weighted by molar-refractivity contribution is 5.76. The predicted molar refractivity (Wildman–Crippen MR) is 117 cm³/mol. The molecule has 0 unspecified atom stereocenters. The van der Waals surface area contributed by atoms with Crippen LogP contribution < -0.4 is 10.1 Å². The quantitative estimate of drug-likeness (QED) is 0.680. The molecule has 1 aromatic heterocycles. The van der Waals surface area contributed by atoms with E-state index in [4.69, 9.17) is 4.74 Å². The summed E-state index contributed by atoms with van der Waals surface area (Å²) in [6.07, 6.45) is 4.32. The average Bonchev–Trinajstić information content (AvgIpc) is 3.18. The first-order valence-electron chi connectivity index (χ1n) is 10.4. The summed E-state index contributed by atoms with van der Waals surface area (Å²) in [7, 11) is 0. The zero-order valence-electron chi connectivity index (χ0n) is 17.5. The van der Waals surface area contributed by atoms with Crippen LogP contribution in [0.2, 0.25) is 0 Å². The molecule has 2 aromatic carbocycles. The highest BCUT2D eigenvalue weighted by atomic mass is 16.5. The molecule has 1 aliphatic heterocycles. The van der Waals surface area contributed by atoms with Gasteiger partial charge in [-0.05, 0) is 32.0 Å². The van der Waals surface area contributed by atoms with Crippen LogP contribution in [-0.4, -0.2) is 39.8 Å². The Kier molecular flexibility index (Phi) is 6.14. The van der Waals surface area contributed by atoms with Gasteiger partial charge in [0.1, 0.15) is 11.9 Å². The van der Waals surface area contributed by atoms with Gasteiger partial charge in [0.15, 0.2) is 0 Å². The third-order valence-electron chi connectivity index (χ3n) is 5.37. The van der Waals surface area contributed by atoms with E-state index in [0.717, 1.165) is 30.1 Å². The molecule has 1 aliphatic rings. The molecule has 4 rings (SSSR count). The second-order valence-electron chi connectivity index (χ2n) is 7.86. The van der Waals surface area contributed by atoms with Crippen LogP contribution >= 0.6 is 0 Å². The van der Waals surface area contributed by atoms with Gasteiger partial charge in [0.25, 0.3) is 0 Å². The van der Waals surface area contributed by atoms with E-state index in [1.54, 1.807) is 0 Å². The minimum absolute atomic E-state index is 0.0427. The Morgan fingerprint density at radius 3 is 2.80 bits per heavy atom. The Bertz CT molecular complexity index is 986. The molecule has 156 valence electrons. The summed E-state index contributed by atoms with van der Waals surface area (Å²) < 4.78 is 7.83. The largest absolute Gasteiger partial charge is 0.489 e. The molecular formula is C24H28N4O2. The number of fused-ring (bicyclic) bond motifs is 1. The molecule has 1 N–H and O–H groups in total. The molecule has 0 saturated heterocycles. The fourth-order valence-electron chi connectivity index (χ4n) is 3.78. The van der Waals surface area contributed by atoms with Crippen LogP contribution in [0.1, 0.15) is 37.4 Å². The van der Waals surface area contributed by atoms with Crippen LogP contribution in [-0.2, 0) is 11.3 Å².